The van der Waals surface area contributed by atoms with Crippen molar-refractivity contribution in [3.05, 3.63) is 65.7 Å². The van der Waals surface area contributed by atoms with E-state index in [-0.39, 0.29) is 17.4 Å². The fourth-order valence-electron chi connectivity index (χ4n) is 5.11. The number of hydrogen-bond donors (Lipinski definition) is 1. The van der Waals surface area contributed by atoms with Gasteiger partial charge in [0.05, 0.1) is 19.6 Å². The number of methoxy groups -OCH3 is 1. The van der Waals surface area contributed by atoms with Crippen LogP contribution in [0.1, 0.15) is 50.5 Å². The van der Waals surface area contributed by atoms with Gasteiger partial charge in [-0.25, -0.2) is 4.98 Å². The first kappa shape index (κ1) is 22.4. The van der Waals surface area contributed by atoms with Crippen LogP contribution in [-0.4, -0.2) is 28.6 Å². The Bertz CT molecular complexity index is 1120. The molecule has 3 aromatic rings. The van der Waals surface area contributed by atoms with Gasteiger partial charge in [-0.2, -0.15) is 0 Å². The van der Waals surface area contributed by atoms with Gasteiger partial charge in [0.1, 0.15) is 11.4 Å². The molecule has 6 heteroatoms. The highest BCUT2D eigenvalue weighted by Crippen LogP contribution is 2.38. The summed E-state index contributed by atoms with van der Waals surface area (Å²) in [5, 5.41) is 3.89. The molecule has 0 bridgehead atoms. The second-order valence-electron chi connectivity index (χ2n) is 9.63. The second kappa shape index (κ2) is 8.99. The molecule has 0 unspecified atom stereocenters. The maximum atomic E-state index is 13.2. The van der Waals surface area contributed by atoms with E-state index in [4.69, 9.17) is 16.3 Å². The van der Waals surface area contributed by atoms with Crippen LogP contribution in [-0.2, 0) is 0 Å². The summed E-state index contributed by atoms with van der Waals surface area (Å²) < 4.78 is 7.34. The molecule has 2 aromatic carbocycles. The van der Waals surface area contributed by atoms with E-state index in [2.05, 4.69) is 31.1 Å². The average Bonchev–Trinajstić information content (AvgIpc) is 3.22. The Morgan fingerprint density at radius 2 is 2.03 bits per heavy atom. The summed E-state index contributed by atoms with van der Waals surface area (Å²) in [5.74, 6) is 1.24. The van der Waals surface area contributed by atoms with Crippen LogP contribution in [0.25, 0.3) is 16.8 Å². The molecule has 1 saturated carbocycles. The van der Waals surface area contributed by atoms with Crippen LogP contribution in [0.5, 0.6) is 5.75 Å². The first-order valence-corrected chi connectivity index (χ1v) is 11.4. The van der Waals surface area contributed by atoms with E-state index < -0.39 is 0 Å². The predicted molar refractivity (Wildman–Crippen MR) is 129 cm³/mol. The molecule has 1 aliphatic carbocycles. The minimum Gasteiger partial charge on any atom is -0.496 e. The number of benzene rings is 2. The van der Waals surface area contributed by atoms with E-state index in [9.17, 15) is 4.79 Å². The Hall–Kier alpha value is -2.79. The molecule has 1 N–H and O–H groups in total. The number of hydrogen-bond acceptors (Lipinski definition) is 3. The van der Waals surface area contributed by atoms with Gasteiger partial charge in [0, 0.05) is 22.3 Å². The number of amides is 1. The monoisotopic (exact) mass is 451 g/mol. The molecule has 1 amide bonds. The van der Waals surface area contributed by atoms with Gasteiger partial charge in [0.25, 0.3) is 5.91 Å². The van der Waals surface area contributed by atoms with Gasteiger partial charge >= 0.3 is 0 Å². The van der Waals surface area contributed by atoms with Gasteiger partial charge in [0.2, 0.25) is 0 Å². The van der Waals surface area contributed by atoms with Crippen molar-refractivity contribution < 1.29 is 9.53 Å². The van der Waals surface area contributed by atoms with Crippen molar-refractivity contribution in [1.82, 2.24) is 14.9 Å². The minimum atomic E-state index is -0.0943. The predicted octanol–water partition coefficient (Wildman–Crippen LogP) is 6.15. The van der Waals surface area contributed by atoms with Crippen molar-refractivity contribution >= 4 is 17.5 Å². The average molecular weight is 452 g/mol. The van der Waals surface area contributed by atoms with Gasteiger partial charge in [-0.05, 0) is 66.5 Å². The lowest BCUT2D eigenvalue weighted by atomic mass is 9.70. The highest BCUT2D eigenvalue weighted by Gasteiger charge is 2.33. The number of carbonyl (C=O) groups is 1. The standard InChI is InChI=1S/C26H30ClN3O2/c1-17-10-20(14-26(2,3)13-17)29-25(31)23-15-28-16-30(23)21-7-5-6-18(11-21)22-12-19(27)8-9-24(22)32-4/h5-9,11-12,15-17,20H,10,13-14H2,1-4H3,(H,29,31)/t17-,20-/m1/s1. The fourth-order valence-corrected chi connectivity index (χ4v) is 5.29. The third kappa shape index (κ3) is 4.83. The molecule has 0 saturated heterocycles. The van der Waals surface area contributed by atoms with Crippen LogP contribution in [0.15, 0.2) is 55.0 Å². The zero-order chi connectivity index (χ0) is 22.9. The van der Waals surface area contributed by atoms with E-state index in [1.165, 1.54) is 6.42 Å². The number of carbonyl (C=O) groups excluding carboxylic acids is 1. The van der Waals surface area contributed by atoms with Crippen LogP contribution in [0, 0.1) is 11.3 Å². The molecule has 32 heavy (non-hydrogen) atoms. The number of rotatable bonds is 5. The summed E-state index contributed by atoms with van der Waals surface area (Å²) in [4.78, 5) is 17.4. The summed E-state index contributed by atoms with van der Waals surface area (Å²) in [7, 11) is 1.64. The first-order valence-electron chi connectivity index (χ1n) is 11.0. The van der Waals surface area contributed by atoms with Crippen molar-refractivity contribution in [1.29, 1.82) is 0 Å². The van der Waals surface area contributed by atoms with Gasteiger partial charge in [-0.1, -0.05) is 44.5 Å². The molecule has 168 valence electrons. The van der Waals surface area contributed by atoms with Crippen molar-refractivity contribution in [2.45, 2.75) is 46.1 Å². The molecule has 1 aliphatic rings. The number of imidazole rings is 1. The summed E-state index contributed by atoms with van der Waals surface area (Å²) in [5.41, 5.74) is 3.46. The maximum absolute atomic E-state index is 13.2. The number of aromatic nitrogens is 2. The zero-order valence-electron chi connectivity index (χ0n) is 19.1. The number of nitrogens with one attached hydrogen (secondary N) is 1. The van der Waals surface area contributed by atoms with Gasteiger partial charge in [0.15, 0.2) is 0 Å². The lowest BCUT2D eigenvalue weighted by molar-refractivity contribution is 0.0867. The Kier molecular flexibility index (Phi) is 6.29. The topological polar surface area (TPSA) is 56.2 Å². The normalized spacial score (nSPS) is 20.0. The first-order chi connectivity index (χ1) is 15.3. The number of nitrogens with zero attached hydrogens (tertiary/aromatic N) is 2. The number of halogens is 1. The van der Waals surface area contributed by atoms with E-state index in [0.29, 0.717) is 16.6 Å². The third-order valence-corrected chi connectivity index (χ3v) is 6.43. The Morgan fingerprint density at radius 3 is 2.78 bits per heavy atom. The highest BCUT2D eigenvalue weighted by atomic mass is 35.5. The zero-order valence-corrected chi connectivity index (χ0v) is 19.8. The van der Waals surface area contributed by atoms with Crippen LogP contribution >= 0.6 is 11.6 Å². The van der Waals surface area contributed by atoms with Gasteiger partial charge in [-0.15, -0.1) is 0 Å². The molecular weight excluding hydrogens is 422 g/mol. The van der Waals surface area contributed by atoms with Crippen molar-refractivity contribution in [3.63, 3.8) is 0 Å². The Morgan fingerprint density at radius 1 is 1.22 bits per heavy atom. The van der Waals surface area contributed by atoms with E-state index >= 15 is 0 Å². The van der Waals surface area contributed by atoms with Gasteiger partial charge < -0.3 is 10.1 Å². The van der Waals surface area contributed by atoms with Crippen molar-refractivity contribution in [3.8, 4) is 22.6 Å². The summed E-state index contributed by atoms with van der Waals surface area (Å²) in [6.45, 7) is 6.82. The van der Waals surface area contributed by atoms with E-state index in [1.54, 1.807) is 25.7 Å². The van der Waals surface area contributed by atoms with Gasteiger partial charge in [-0.3, -0.25) is 9.36 Å². The Balaban J connectivity index is 1.61. The maximum Gasteiger partial charge on any atom is 0.270 e. The van der Waals surface area contributed by atoms with Crippen LogP contribution in [0.3, 0.4) is 0 Å². The van der Waals surface area contributed by atoms with Crippen LogP contribution < -0.4 is 10.1 Å². The lowest BCUT2D eigenvalue weighted by Crippen LogP contribution is -2.43. The van der Waals surface area contributed by atoms with E-state index in [0.717, 1.165) is 35.4 Å². The van der Waals surface area contributed by atoms with Crippen molar-refractivity contribution in [2.24, 2.45) is 11.3 Å². The molecule has 2 atom stereocenters. The molecule has 5 nitrogen and oxygen atoms in total. The largest absolute Gasteiger partial charge is 0.496 e. The molecule has 1 aromatic heterocycles. The molecule has 0 radical (unpaired) electrons. The molecule has 0 aliphatic heterocycles. The summed E-state index contributed by atoms with van der Waals surface area (Å²) in [6, 6.07) is 13.6. The molecular formula is C26H30ClN3O2. The summed E-state index contributed by atoms with van der Waals surface area (Å²) >= 11 is 6.23. The SMILES string of the molecule is COc1ccc(Cl)cc1-c1cccc(-n2cncc2C(=O)N[C@@H]2C[C@@H](C)CC(C)(C)C2)c1. The lowest BCUT2D eigenvalue weighted by Gasteiger charge is -2.39. The smallest absolute Gasteiger partial charge is 0.270 e. The third-order valence-electron chi connectivity index (χ3n) is 6.19. The van der Waals surface area contributed by atoms with Crippen molar-refractivity contribution in [2.75, 3.05) is 7.11 Å². The molecule has 1 heterocycles. The molecule has 1 fully saturated rings. The highest BCUT2D eigenvalue weighted by molar-refractivity contribution is 6.31. The molecule has 4 rings (SSSR count). The second-order valence-corrected chi connectivity index (χ2v) is 10.1. The molecule has 0 spiro atoms. The van der Waals surface area contributed by atoms with Crippen LogP contribution in [0.2, 0.25) is 5.02 Å². The quantitative estimate of drug-likeness (QED) is 0.506. The fraction of sp³-hybridized carbons (Fsp3) is 0.385. The van der Waals surface area contributed by atoms with E-state index in [1.807, 2.05) is 41.0 Å². The van der Waals surface area contributed by atoms with Crippen LogP contribution in [0.4, 0.5) is 0 Å². The summed E-state index contributed by atoms with van der Waals surface area (Å²) in [6.07, 6.45) is 6.49. The minimum absolute atomic E-state index is 0.0943. The number of ether oxygens (including phenoxy) is 1. The Labute approximate surface area is 194 Å².